The van der Waals surface area contributed by atoms with E-state index >= 15 is 4.39 Å². The second kappa shape index (κ2) is 12.8. The largest absolute Gasteiger partial charge is 0.383 e. The normalized spacial score (nSPS) is 12.5. The van der Waals surface area contributed by atoms with Crippen molar-refractivity contribution in [2.75, 3.05) is 29.5 Å². The van der Waals surface area contributed by atoms with Crippen LogP contribution in [0.1, 0.15) is 32.4 Å². The van der Waals surface area contributed by atoms with Crippen molar-refractivity contribution in [2.45, 2.75) is 38.6 Å². The number of ether oxygens (including phenoxy) is 1. The Kier molecular flexibility index (Phi) is 9.10. The van der Waals surface area contributed by atoms with E-state index in [1.807, 2.05) is 49.7 Å². The maximum Gasteiger partial charge on any atom is 0.237 e. The summed E-state index contributed by atoms with van der Waals surface area (Å²) >= 11 is 6.13. The van der Waals surface area contributed by atoms with Gasteiger partial charge in [-0.15, -0.1) is 0 Å². The number of hydrogen-bond acceptors (Lipinski definition) is 7. The van der Waals surface area contributed by atoms with Crippen molar-refractivity contribution in [1.29, 1.82) is 0 Å². The fourth-order valence-corrected chi connectivity index (χ4v) is 6.59. The van der Waals surface area contributed by atoms with Crippen LogP contribution >= 0.6 is 11.6 Å². The first-order chi connectivity index (χ1) is 21.0. The van der Waals surface area contributed by atoms with E-state index in [2.05, 4.69) is 15.0 Å². The number of sulfonamides is 1. The van der Waals surface area contributed by atoms with E-state index in [-0.39, 0.29) is 23.6 Å². The van der Waals surface area contributed by atoms with Crippen molar-refractivity contribution in [1.82, 2.24) is 14.8 Å². The average molecular weight is 637 g/mol. The topological polar surface area (TPSA) is 124 Å². The molecule has 5 aromatic rings. The zero-order valence-corrected chi connectivity index (χ0v) is 26.4. The lowest BCUT2D eigenvalue weighted by Gasteiger charge is -2.15. The first kappa shape index (κ1) is 31.2. The second-order valence-corrected chi connectivity index (χ2v) is 13.0. The monoisotopic (exact) mass is 636 g/mol. The summed E-state index contributed by atoms with van der Waals surface area (Å²) in [5.41, 5.74) is 11.0. The highest BCUT2D eigenvalue weighted by atomic mass is 35.5. The molecule has 3 aromatic carbocycles. The zero-order valence-electron chi connectivity index (χ0n) is 24.8. The minimum atomic E-state index is -3.94. The maximum absolute atomic E-state index is 15.4. The Morgan fingerprint density at radius 1 is 1.05 bits per heavy atom. The van der Waals surface area contributed by atoms with Gasteiger partial charge in [0.15, 0.2) is 0 Å². The molecule has 1 atom stereocenters. The number of methoxy groups -OCH3 is 1. The SMILES string of the molecule is COCC(C)Nc1ccc(-c2cnc(N)c3c(-c4ccc(NS(=O)(=O)Cc5ccccc5Cl)c(F)c4)nn(C(C)C)c23)cc1. The lowest BCUT2D eigenvalue weighted by atomic mass is 10.0. The molecule has 0 radical (unpaired) electrons. The van der Waals surface area contributed by atoms with Gasteiger partial charge in [-0.1, -0.05) is 48.0 Å². The van der Waals surface area contributed by atoms with Crippen molar-refractivity contribution in [3.8, 4) is 22.4 Å². The van der Waals surface area contributed by atoms with Crippen molar-refractivity contribution in [2.24, 2.45) is 0 Å². The predicted molar refractivity (Wildman–Crippen MR) is 176 cm³/mol. The molecule has 0 bridgehead atoms. The number of nitrogens with two attached hydrogens (primary N) is 1. The number of anilines is 3. The van der Waals surface area contributed by atoms with E-state index in [4.69, 9.17) is 27.2 Å². The molecule has 1 unspecified atom stereocenters. The smallest absolute Gasteiger partial charge is 0.237 e. The fourth-order valence-electron chi connectivity index (χ4n) is 5.07. The number of aromatic nitrogens is 3. The molecule has 5 rings (SSSR count). The summed E-state index contributed by atoms with van der Waals surface area (Å²) in [5, 5.41) is 9.14. The maximum atomic E-state index is 15.4. The number of nitrogens with zero attached hydrogens (tertiary/aromatic N) is 3. The van der Waals surface area contributed by atoms with Crippen LogP contribution < -0.4 is 15.8 Å². The van der Waals surface area contributed by atoms with Gasteiger partial charge in [0.05, 0.1) is 29.0 Å². The summed E-state index contributed by atoms with van der Waals surface area (Å²) in [6.45, 7) is 6.62. The lowest BCUT2D eigenvalue weighted by molar-refractivity contribution is 0.190. The van der Waals surface area contributed by atoms with Gasteiger partial charge in [0.25, 0.3) is 0 Å². The van der Waals surface area contributed by atoms with Crippen LogP contribution in [-0.2, 0) is 20.5 Å². The summed E-state index contributed by atoms with van der Waals surface area (Å²) in [6, 6.07) is 18.9. The number of benzene rings is 3. The van der Waals surface area contributed by atoms with Crippen LogP contribution in [-0.4, -0.2) is 42.9 Å². The standard InChI is InChI=1S/C32H34ClFN6O3S/c1-19(2)40-31-25(21-9-12-24(13-10-21)37-20(3)17-43-4)16-36-32(35)29(31)30(38-40)22-11-14-28(27(34)15-22)39-44(41,42)18-23-7-5-6-8-26(23)33/h5-16,19-20,37,39H,17-18H2,1-4H3,(H2,35,36). The Morgan fingerprint density at radius 2 is 1.75 bits per heavy atom. The molecular formula is C32H34ClFN6O3S. The molecule has 12 heteroatoms. The molecule has 0 aliphatic carbocycles. The van der Waals surface area contributed by atoms with E-state index in [0.29, 0.717) is 33.8 Å². The number of pyridine rings is 1. The van der Waals surface area contributed by atoms with Gasteiger partial charge in [0.1, 0.15) is 17.3 Å². The highest BCUT2D eigenvalue weighted by molar-refractivity contribution is 7.91. The first-order valence-electron chi connectivity index (χ1n) is 14.0. The summed E-state index contributed by atoms with van der Waals surface area (Å²) in [4.78, 5) is 4.47. The van der Waals surface area contributed by atoms with Crippen LogP contribution in [0.5, 0.6) is 0 Å². The first-order valence-corrected chi connectivity index (χ1v) is 16.1. The Labute approximate surface area is 261 Å². The fraction of sp³-hybridized carbons (Fsp3) is 0.250. The van der Waals surface area contributed by atoms with Gasteiger partial charge in [-0.2, -0.15) is 5.10 Å². The molecule has 4 N–H and O–H groups in total. The number of halogens is 2. The molecule has 2 heterocycles. The van der Waals surface area contributed by atoms with Crippen LogP contribution in [0.15, 0.2) is 72.9 Å². The quantitative estimate of drug-likeness (QED) is 0.141. The van der Waals surface area contributed by atoms with Crippen LogP contribution in [0.4, 0.5) is 21.6 Å². The minimum Gasteiger partial charge on any atom is -0.383 e. The number of nitrogen functional groups attached to an aromatic ring is 1. The second-order valence-electron chi connectivity index (χ2n) is 10.9. The third kappa shape index (κ3) is 6.64. The highest BCUT2D eigenvalue weighted by Crippen LogP contribution is 2.39. The van der Waals surface area contributed by atoms with Crippen molar-refractivity contribution >= 4 is 49.7 Å². The van der Waals surface area contributed by atoms with E-state index in [1.165, 1.54) is 12.1 Å². The van der Waals surface area contributed by atoms with Crippen molar-refractivity contribution in [3.63, 3.8) is 0 Å². The summed E-state index contributed by atoms with van der Waals surface area (Å²) in [5.74, 6) is -0.904. The van der Waals surface area contributed by atoms with Crippen LogP contribution in [0.2, 0.25) is 5.02 Å². The zero-order chi connectivity index (χ0) is 31.6. The van der Waals surface area contributed by atoms with Gasteiger partial charge in [-0.3, -0.25) is 9.40 Å². The molecule has 0 aliphatic rings. The summed E-state index contributed by atoms with van der Waals surface area (Å²) in [7, 11) is -2.28. The highest BCUT2D eigenvalue weighted by Gasteiger charge is 2.23. The molecule has 0 saturated heterocycles. The van der Waals surface area contributed by atoms with Crippen LogP contribution in [0, 0.1) is 5.82 Å². The van der Waals surface area contributed by atoms with Gasteiger partial charge >= 0.3 is 0 Å². The predicted octanol–water partition coefficient (Wildman–Crippen LogP) is 7.11. The molecular weight excluding hydrogens is 603 g/mol. The molecule has 0 fully saturated rings. The summed E-state index contributed by atoms with van der Waals surface area (Å²) in [6.07, 6.45) is 1.72. The van der Waals surface area contributed by atoms with Gasteiger partial charge < -0.3 is 15.8 Å². The Hall–Kier alpha value is -4.19. The lowest BCUT2D eigenvalue weighted by Crippen LogP contribution is -2.20. The van der Waals surface area contributed by atoms with Gasteiger partial charge in [0.2, 0.25) is 10.0 Å². The minimum absolute atomic E-state index is 0.0524. The summed E-state index contributed by atoms with van der Waals surface area (Å²) < 4.78 is 50.4. The van der Waals surface area contributed by atoms with Gasteiger partial charge in [-0.25, -0.2) is 17.8 Å². The number of fused-ring (bicyclic) bond motifs is 1. The van der Waals surface area contributed by atoms with Crippen LogP contribution in [0.3, 0.4) is 0 Å². The Balaban J connectivity index is 1.51. The number of hydrogen-bond donors (Lipinski definition) is 3. The molecule has 9 nitrogen and oxygen atoms in total. The molecule has 230 valence electrons. The molecule has 2 aromatic heterocycles. The van der Waals surface area contributed by atoms with E-state index in [0.717, 1.165) is 22.3 Å². The molecule has 0 amide bonds. The molecule has 44 heavy (non-hydrogen) atoms. The number of nitrogens with one attached hydrogen (secondary N) is 2. The van der Waals surface area contributed by atoms with E-state index in [1.54, 1.807) is 43.6 Å². The molecule has 0 aliphatic heterocycles. The van der Waals surface area contributed by atoms with Crippen LogP contribution in [0.25, 0.3) is 33.3 Å². The molecule has 0 saturated carbocycles. The Bertz CT molecular complexity index is 1910. The van der Waals surface area contributed by atoms with E-state index in [9.17, 15) is 8.42 Å². The third-order valence-electron chi connectivity index (χ3n) is 7.08. The van der Waals surface area contributed by atoms with Gasteiger partial charge in [0, 0.05) is 47.2 Å². The number of rotatable bonds is 11. The van der Waals surface area contributed by atoms with Crippen molar-refractivity contribution in [3.05, 3.63) is 89.3 Å². The molecule has 0 spiro atoms. The average Bonchev–Trinajstić information content (AvgIpc) is 3.38. The third-order valence-corrected chi connectivity index (χ3v) is 8.67. The van der Waals surface area contributed by atoms with Crippen molar-refractivity contribution < 1.29 is 17.5 Å². The van der Waals surface area contributed by atoms with E-state index < -0.39 is 21.6 Å². The van der Waals surface area contributed by atoms with Gasteiger partial charge in [-0.05, 0) is 62.2 Å². The Morgan fingerprint density at radius 3 is 2.41 bits per heavy atom.